The van der Waals surface area contributed by atoms with Gasteiger partial charge in [-0.2, -0.15) is 0 Å². The monoisotopic (exact) mass is 383 g/mol. The Hall–Kier alpha value is -2.73. The van der Waals surface area contributed by atoms with E-state index >= 15 is 0 Å². The van der Waals surface area contributed by atoms with Crippen molar-refractivity contribution in [1.82, 2.24) is 10.2 Å². The Bertz CT molecular complexity index is 801. The number of rotatable bonds is 7. The van der Waals surface area contributed by atoms with Crippen molar-refractivity contribution in [2.24, 2.45) is 0 Å². The van der Waals surface area contributed by atoms with Gasteiger partial charge in [0.05, 0.1) is 19.8 Å². The molecule has 0 atom stereocenters. The smallest absolute Gasteiger partial charge is 0.255 e. The molecule has 0 bridgehead atoms. The molecule has 1 heterocycles. The zero-order chi connectivity index (χ0) is 19.9. The molecule has 150 valence electrons. The van der Waals surface area contributed by atoms with Crippen molar-refractivity contribution in [3.63, 3.8) is 0 Å². The van der Waals surface area contributed by atoms with E-state index in [2.05, 4.69) is 46.3 Å². The second kappa shape index (κ2) is 9.46. The van der Waals surface area contributed by atoms with Gasteiger partial charge < -0.3 is 19.7 Å². The molecule has 1 amide bonds. The highest BCUT2D eigenvalue weighted by atomic mass is 16.5. The van der Waals surface area contributed by atoms with Gasteiger partial charge in [0.2, 0.25) is 0 Å². The van der Waals surface area contributed by atoms with Gasteiger partial charge in [-0.05, 0) is 42.8 Å². The van der Waals surface area contributed by atoms with E-state index in [4.69, 9.17) is 9.47 Å². The number of ether oxygens (including phenoxy) is 2. The molecule has 2 aromatic rings. The number of nitrogens with one attached hydrogen (secondary N) is 1. The van der Waals surface area contributed by atoms with Crippen LogP contribution in [0.15, 0.2) is 42.5 Å². The predicted octanol–water partition coefficient (Wildman–Crippen LogP) is 2.56. The Morgan fingerprint density at radius 1 is 1.04 bits per heavy atom. The maximum Gasteiger partial charge on any atom is 0.255 e. The first-order valence-corrected chi connectivity index (χ1v) is 9.65. The molecule has 0 spiro atoms. The van der Waals surface area contributed by atoms with Crippen LogP contribution in [0.25, 0.3) is 0 Å². The average molecular weight is 383 g/mol. The zero-order valence-corrected chi connectivity index (χ0v) is 16.9. The van der Waals surface area contributed by atoms with Crippen molar-refractivity contribution in [2.45, 2.75) is 6.92 Å². The van der Waals surface area contributed by atoms with Gasteiger partial charge in [0.25, 0.3) is 5.91 Å². The maximum absolute atomic E-state index is 12.5. The lowest BCUT2D eigenvalue weighted by molar-refractivity contribution is 0.0944. The molecule has 1 saturated heterocycles. The summed E-state index contributed by atoms with van der Waals surface area (Å²) in [5.41, 5.74) is 3.07. The van der Waals surface area contributed by atoms with Crippen molar-refractivity contribution < 1.29 is 14.3 Å². The van der Waals surface area contributed by atoms with Crippen LogP contribution in [-0.2, 0) is 0 Å². The molecule has 0 saturated carbocycles. The van der Waals surface area contributed by atoms with Crippen LogP contribution in [0.5, 0.6) is 11.5 Å². The fourth-order valence-corrected chi connectivity index (χ4v) is 3.47. The van der Waals surface area contributed by atoms with Crippen molar-refractivity contribution in [3.05, 3.63) is 53.6 Å². The maximum atomic E-state index is 12.5. The van der Waals surface area contributed by atoms with E-state index in [-0.39, 0.29) is 5.91 Å². The Labute approximate surface area is 167 Å². The lowest BCUT2D eigenvalue weighted by Gasteiger charge is -2.36. The minimum absolute atomic E-state index is 0.144. The first-order valence-electron chi connectivity index (χ1n) is 9.65. The van der Waals surface area contributed by atoms with Crippen molar-refractivity contribution >= 4 is 11.6 Å². The number of hydrogen-bond acceptors (Lipinski definition) is 5. The molecule has 28 heavy (non-hydrogen) atoms. The van der Waals surface area contributed by atoms with Crippen LogP contribution in [0, 0.1) is 6.92 Å². The quantitative estimate of drug-likeness (QED) is 0.796. The van der Waals surface area contributed by atoms with E-state index in [0.717, 1.165) is 32.7 Å². The molecule has 0 radical (unpaired) electrons. The highest BCUT2D eigenvalue weighted by molar-refractivity contribution is 5.97. The van der Waals surface area contributed by atoms with Crippen LogP contribution in [0.3, 0.4) is 0 Å². The molecule has 6 heteroatoms. The van der Waals surface area contributed by atoms with Crippen LogP contribution in [-0.4, -0.2) is 64.3 Å². The topological polar surface area (TPSA) is 54.0 Å². The van der Waals surface area contributed by atoms with E-state index in [1.807, 2.05) is 0 Å². The summed E-state index contributed by atoms with van der Waals surface area (Å²) in [6.45, 7) is 7.55. The Balaban J connectivity index is 1.47. The number of carbonyl (C=O) groups excluding carboxylic acids is 1. The van der Waals surface area contributed by atoms with Gasteiger partial charge in [0.1, 0.15) is 11.5 Å². The third-order valence-corrected chi connectivity index (χ3v) is 5.10. The summed E-state index contributed by atoms with van der Waals surface area (Å²) in [4.78, 5) is 17.3. The third-order valence-electron chi connectivity index (χ3n) is 5.10. The molecule has 2 aromatic carbocycles. The normalized spacial score (nSPS) is 14.6. The van der Waals surface area contributed by atoms with E-state index in [9.17, 15) is 4.79 Å². The van der Waals surface area contributed by atoms with E-state index in [1.54, 1.807) is 32.4 Å². The molecule has 1 fully saturated rings. The summed E-state index contributed by atoms with van der Waals surface area (Å²) in [6, 6.07) is 13.9. The first-order chi connectivity index (χ1) is 13.6. The van der Waals surface area contributed by atoms with E-state index in [0.29, 0.717) is 23.6 Å². The number of nitrogens with zero attached hydrogens (tertiary/aromatic N) is 2. The summed E-state index contributed by atoms with van der Waals surface area (Å²) < 4.78 is 10.5. The van der Waals surface area contributed by atoms with Crippen molar-refractivity contribution in [1.29, 1.82) is 0 Å². The number of methoxy groups -OCH3 is 2. The summed E-state index contributed by atoms with van der Waals surface area (Å²) in [5, 5.41) is 2.99. The number of hydrogen-bond donors (Lipinski definition) is 1. The minimum atomic E-state index is -0.144. The summed E-state index contributed by atoms with van der Waals surface area (Å²) in [7, 11) is 3.15. The molecule has 0 aromatic heterocycles. The minimum Gasteiger partial charge on any atom is -0.497 e. The third kappa shape index (κ3) is 4.95. The fourth-order valence-electron chi connectivity index (χ4n) is 3.47. The molecule has 1 N–H and O–H groups in total. The number of carbonyl (C=O) groups is 1. The number of benzene rings is 2. The van der Waals surface area contributed by atoms with Gasteiger partial charge in [-0.1, -0.05) is 12.1 Å². The second-order valence-electron chi connectivity index (χ2n) is 6.99. The van der Waals surface area contributed by atoms with Gasteiger partial charge in [-0.15, -0.1) is 0 Å². The molecule has 6 nitrogen and oxygen atoms in total. The highest BCUT2D eigenvalue weighted by Crippen LogP contribution is 2.23. The summed E-state index contributed by atoms with van der Waals surface area (Å²) in [6.07, 6.45) is 0. The average Bonchev–Trinajstić information content (AvgIpc) is 2.73. The van der Waals surface area contributed by atoms with Crippen LogP contribution in [0.1, 0.15) is 15.9 Å². The standard InChI is InChI=1S/C22H29N3O3/c1-17-5-4-6-18(15-17)25-13-11-24(12-14-25)10-9-23-22(26)20-16-19(27-2)7-8-21(20)28-3/h4-8,15-16H,9-14H2,1-3H3,(H,23,26). The SMILES string of the molecule is COc1ccc(OC)c(C(=O)NCCN2CCN(c3cccc(C)c3)CC2)c1. The largest absolute Gasteiger partial charge is 0.497 e. The summed E-state index contributed by atoms with van der Waals surface area (Å²) >= 11 is 0. The number of amides is 1. The van der Waals surface area contributed by atoms with E-state index in [1.165, 1.54) is 11.3 Å². The molecular weight excluding hydrogens is 354 g/mol. The van der Waals surface area contributed by atoms with Gasteiger partial charge in [0.15, 0.2) is 0 Å². The highest BCUT2D eigenvalue weighted by Gasteiger charge is 2.18. The Morgan fingerprint density at radius 2 is 1.82 bits per heavy atom. The second-order valence-corrected chi connectivity index (χ2v) is 6.99. The number of aryl methyl sites for hydroxylation is 1. The van der Waals surface area contributed by atoms with Crippen LogP contribution in [0.4, 0.5) is 5.69 Å². The first kappa shape index (κ1) is 20.0. The summed E-state index contributed by atoms with van der Waals surface area (Å²) in [5.74, 6) is 1.04. The van der Waals surface area contributed by atoms with Gasteiger partial charge in [0, 0.05) is 45.0 Å². The molecule has 0 aliphatic carbocycles. The van der Waals surface area contributed by atoms with Crippen LogP contribution < -0.4 is 19.7 Å². The van der Waals surface area contributed by atoms with Crippen LogP contribution in [0.2, 0.25) is 0 Å². The number of piperazine rings is 1. The zero-order valence-electron chi connectivity index (χ0n) is 16.9. The van der Waals surface area contributed by atoms with Gasteiger partial charge >= 0.3 is 0 Å². The number of anilines is 1. The fraction of sp³-hybridized carbons (Fsp3) is 0.409. The molecule has 3 rings (SSSR count). The van der Waals surface area contributed by atoms with Crippen molar-refractivity contribution in [3.8, 4) is 11.5 Å². The van der Waals surface area contributed by atoms with Gasteiger partial charge in [-0.25, -0.2) is 0 Å². The molecule has 1 aliphatic rings. The Morgan fingerprint density at radius 3 is 2.50 bits per heavy atom. The van der Waals surface area contributed by atoms with Crippen molar-refractivity contribution in [2.75, 3.05) is 58.4 Å². The molecule has 1 aliphatic heterocycles. The predicted molar refractivity (Wildman–Crippen MR) is 112 cm³/mol. The lowest BCUT2D eigenvalue weighted by atomic mass is 10.1. The molecule has 0 unspecified atom stereocenters. The Kier molecular flexibility index (Phi) is 6.76. The van der Waals surface area contributed by atoms with Gasteiger partial charge in [-0.3, -0.25) is 9.69 Å². The van der Waals surface area contributed by atoms with Crippen LogP contribution >= 0.6 is 0 Å². The molecular formula is C22H29N3O3. The van der Waals surface area contributed by atoms with E-state index < -0.39 is 0 Å². The lowest BCUT2D eigenvalue weighted by Crippen LogP contribution is -2.48.